The highest BCUT2D eigenvalue weighted by atomic mass is 16.5. The highest BCUT2D eigenvalue weighted by Gasteiger charge is 2.15. The number of Topliss-reactive ketones (excluding diaryl/α,β-unsaturated/α-hetero) is 1. The fourth-order valence-electron chi connectivity index (χ4n) is 1.53. The van der Waals surface area contributed by atoms with Crippen LogP contribution in [0, 0.1) is 5.92 Å². The molecule has 0 N–H and O–H groups in total. The Bertz CT molecular complexity index is 531. The van der Waals surface area contributed by atoms with Gasteiger partial charge in [0.25, 0.3) is 0 Å². The molecular weight excluding hydrogens is 206 g/mol. The van der Waals surface area contributed by atoms with Gasteiger partial charge >= 0.3 is 0 Å². The molecule has 0 saturated heterocycles. The molecule has 2 aromatic heterocycles. The van der Waals surface area contributed by atoms with Gasteiger partial charge in [0.2, 0.25) is 5.88 Å². The Morgan fingerprint density at radius 2 is 2.25 bits per heavy atom. The van der Waals surface area contributed by atoms with Crippen molar-refractivity contribution in [3.63, 3.8) is 0 Å². The molecule has 2 heterocycles. The molecule has 0 radical (unpaired) electrons. The Balaban J connectivity index is 2.56. The van der Waals surface area contributed by atoms with Crippen LogP contribution in [0.5, 0.6) is 5.88 Å². The highest BCUT2D eigenvalue weighted by molar-refractivity contribution is 5.98. The van der Waals surface area contributed by atoms with E-state index in [2.05, 4.69) is 10.1 Å². The first kappa shape index (κ1) is 10.6. The Labute approximate surface area is 93.1 Å². The highest BCUT2D eigenvalue weighted by Crippen LogP contribution is 2.19. The van der Waals surface area contributed by atoms with Crippen molar-refractivity contribution in [2.45, 2.75) is 13.8 Å². The molecule has 0 aliphatic carbocycles. The van der Waals surface area contributed by atoms with Crippen LogP contribution in [-0.4, -0.2) is 27.5 Å². The predicted molar refractivity (Wildman–Crippen MR) is 58.7 cm³/mol. The first-order chi connectivity index (χ1) is 7.63. The third-order valence-corrected chi connectivity index (χ3v) is 2.37. The standard InChI is InChI=1S/C11H13N3O2/c1-7(2)10(15)8-4-9-11(16-3)12-6-13-14(9)5-8/h4-7H,1-3H3. The predicted octanol–water partition coefficient (Wildman–Crippen LogP) is 1.58. The van der Waals surface area contributed by atoms with E-state index in [4.69, 9.17) is 4.74 Å². The molecule has 0 unspecified atom stereocenters. The van der Waals surface area contributed by atoms with Crippen LogP contribution in [0.25, 0.3) is 5.52 Å². The molecule has 0 aliphatic rings. The monoisotopic (exact) mass is 219 g/mol. The third-order valence-electron chi connectivity index (χ3n) is 2.37. The summed E-state index contributed by atoms with van der Waals surface area (Å²) in [5.41, 5.74) is 1.34. The summed E-state index contributed by atoms with van der Waals surface area (Å²) in [6, 6.07) is 1.75. The Hall–Kier alpha value is -1.91. The summed E-state index contributed by atoms with van der Waals surface area (Å²) in [5, 5.41) is 4.03. The van der Waals surface area contributed by atoms with Crippen molar-refractivity contribution in [1.29, 1.82) is 0 Å². The summed E-state index contributed by atoms with van der Waals surface area (Å²) in [7, 11) is 1.54. The smallest absolute Gasteiger partial charge is 0.241 e. The van der Waals surface area contributed by atoms with Crippen molar-refractivity contribution in [3.8, 4) is 5.88 Å². The van der Waals surface area contributed by atoms with Gasteiger partial charge < -0.3 is 4.74 Å². The molecule has 5 heteroatoms. The molecule has 0 bridgehead atoms. The van der Waals surface area contributed by atoms with E-state index < -0.39 is 0 Å². The zero-order valence-corrected chi connectivity index (χ0v) is 9.47. The van der Waals surface area contributed by atoms with Gasteiger partial charge in [0.05, 0.1) is 7.11 Å². The van der Waals surface area contributed by atoms with Crippen LogP contribution in [-0.2, 0) is 0 Å². The topological polar surface area (TPSA) is 56.5 Å². The molecule has 0 fully saturated rings. The number of rotatable bonds is 3. The summed E-state index contributed by atoms with van der Waals surface area (Å²) in [6.07, 6.45) is 3.09. The van der Waals surface area contributed by atoms with Crippen molar-refractivity contribution in [2.24, 2.45) is 5.92 Å². The minimum atomic E-state index is -0.0311. The number of hydrogen-bond acceptors (Lipinski definition) is 4. The number of nitrogens with zero attached hydrogens (tertiary/aromatic N) is 3. The van der Waals surface area contributed by atoms with Crippen molar-refractivity contribution in [1.82, 2.24) is 14.6 Å². The maximum absolute atomic E-state index is 11.8. The third kappa shape index (κ3) is 1.64. The molecule has 0 amide bonds. The molecule has 2 rings (SSSR count). The van der Waals surface area contributed by atoms with Gasteiger partial charge in [-0.3, -0.25) is 4.79 Å². The summed E-state index contributed by atoms with van der Waals surface area (Å²) >= 11 is 0. The summed E-state index contributed by atoms with van der Waals surface area (Å²) in [6.45, 7) is 3.74. The molecule has 84 valence electrons. The number of methoxy groups -OCH3 is 1. The number of carbonyl (C=O) groups excluding carboxylic acids is 1. The van der Waals surface area contributed by atoms with Gasteiger partial charge in [-0.1, -0.05) is 13.8 Å². The largest absolute Gasteiger partial charge is 0.479 e. The minimum Gasteiger partial charge on any atom is -0.479 e. The van der Waals surface area contributed by atoms with Gasteiger partial charge in [0, 0.05) is 17.7 Å². The van der Waals surface area contributed by atoms with Crippen LogP contribution in [0.15, 0.2) is 18.6 Å². The van der Waals surface area contributed by atoms with E-state index in [0.717, 1.165) is 0 Å². The van der Waals surface area contributed by atoms with Crippen LogP contribution < -0.4 is 4.74 Å². The van der Waals surface area contributed by atoms with E-state index >= 15 is 0 Å². The van der Waals surface area contributed by atoms with Crippen LogP contribution in [0.3, 0.4) is 0 Å². The lowest BCUT2D eigenvalue weighted by Gasteiger charge is -1.98. The lowest BCUT2D eigenvalue weighted by atomic mass is 10.0. The lowest BCUT2D eigenvalue weighted by molar-refractivity contribution is 0.0939. The van der Waals surface area contributed by atoms with Crippen LogP contribution in [0.1, 0.15) is 24.2 Å². The first-order valence-electron chi connectivity index (χ1n) is 5.05. The maximum Gasteiger partial charge on any atom is 0.241 e. The number of fused-ring (bicyclic) bond motifs is 1. The minimum absolute atomic E-state index is 0.0311. The van der Waals surface area contributed by atoms with Gasteiger partial charge in [0.15, 0.2) is 5.78 Å². The zero-order valence-electron chi connectivity index (χ0n) is 9.47. The molecule has 0 atom stereocenters. The average molecular weight is 219 g/mol. The van der Waals surface area contributed by atoms with Gasteiger partial charge in [0.1, 0.15) is 11.8 Å². The number of hydrogen-bond donors (Lipinski definition) is 0. The molecule has 0 aliphatic heterocycles. The van der Waals surface area contributed by atoms with E-state index in [1.807, 2.05) is 13.8 Å². The second-order valence-corrected chi connectivity index (χ2v) is 3.85. The Kier molecular flexibility index (Phi) is 2.60. The molecule has 5 nitrogen and oxygen atoms in total. The van der Waals surface area contributed by atoms with E-state index in [1.54, 1.807) is 23.9 Å². The molecular formula is C11H13N3O2. The quantitative estimate of drug-likeness (QED) is 0.735. The first-order valence-corrected chi connectivity index (χ1v) is 5.05. The average Bonchev–Trinajstić information content (AvgIpc) is 2.70. The Morgan fingerprint density at radius 1 is 1.50 bits per heavy atom. The molecule has 0 saturated carbocycles. The van der Waals surface area contributed by atoms with Crippen molar-refractivity contribution in [3.05, 3.63) is 24.2 Å². The summed E-state index contributed by atoms with van der Waals surface area (Å²) in [5.74, 6) is 0.529. The molecule has 2 aromatic rings. The number of aromatic nitrogens is 3. The molecule has 0 spiro atoms. The van der Waals surface area contributed by atoms with E-state index in [0.29, 0.717) is 17.0 Å². The van der Waals surface area contributed by atoms with Gasteiger partial charge in [-0.05, 0) is 6.07 Å². The normalized spacial score (nSPS) is 11.0. The maximum atomic E-state index is 11.8. The number of ketones is 1. The van der Waals surface area contributed by atoms with E-state index in [-0.39, 0.29) is 11.7 Å². The second kappa shape index (κ2) is 3.92. The van der Waals surface area contributed by atoms with Gasteiger partial charge in [-0.2, -0.15) is 10.1 Å². The molecule has 16 heavy (non-hydrogen) atoms. The van der Waals surface area contributed by atoms with E-state index in [9.17, 15) is 4.79 Å². The van der Waals surface area contributed by atoms with Crippen molar-refractivity contribution >= 4 is 11.3 Å². The molecule has 0 aromatic carbocycles. The summed E-state index contributed by atoms with van der Waals surface area (Å²) < 4.78 is 6.70. The van der Waals surface area contributed by atoms with Crippen LogP contribution in [0.2, 0.25) is 0 Å². The fraction of sp³-hybridized carbons (Fsp3) is 0.364. The van der Waals surface area contributed by atoms with E-state index in [1.165, 1.54) is 6.33 Å². The zero-order chi connectivity index (χ0) is 11.7. The fourth-order valence-corrected chi connectivity index (χ4v) is 1.53. The van der Waals surface area contributed by atoms with Crippen molar-refractivity contribution < 1.29 is 9.53 Å². The van der Waals surface area contributed by atoms with Gasteiger partial charge in [-0.15, -0.1) is 0 Å². The number of carbonyl (C=O) groups is 1. The second-order valence-electron chi connectivity index (χ2n) is 3.85. The number of ether oxygens (including phenoxy) is 1. The summed E-state index contributed by atoms with van der Waals surface area (Å²) in [4.78, 5) is 15.8. The van der Waals surface area contributed by atoms with Gasteiger partial charge in [-0.25, -0.2) is 4.52 Å². The SMILES string of the molecule is COc1ncnn2cc(C(=O)C(C)C)cc12. The van der Waals surface area contributed by atoms with Crippen LogP contribution in [0.4, 0.5) is 0 Å². The Morgan fingerprint density at radius 3 is 2.88 bits per heavy atom. The van der Waals surface area contributed by atoms with Crippen LogP contribution >= 0.6 is 0 Å². The lowest BCUT2D eigenvalue weighted by Crippen LogP contribution is -2.05. The van der Waals surface area contributed by atoms with Crippen molar-refractivity contribution in [2.75, 3.05) is 7.11 Å².